The van der Waals surface area contributed by atoms with E-state index in [9.17, 15) is 24.8 Å². The number of hydrogen-bond donors (Lipinski definition) is 1. The van der Waals surface area contributed by atoms with Gasteiger partial charge in [-0.1, -0.05) is 17.7 Å². The van der Waals surface area contributed by atoms with Crippen LogP contribution in [-0.2, 0) is 9.59 Å². The number of benzene rings is 2. The summed E-state index contributed by atoms with van der Waals surface area (Å²) in [6, 6.07) is 10.8. The highest BCUT2D eigenvalue weighted by atomic mass is 35.5. The Kier molecular flexibility index (Phi) is 5.28. The topological polar surface area (TPSA) is 101 Å². The zero-order valence-electron chi connectivity index (χ0n) is 14.5. The first-order valence-electron chi connectivity index (χ1n) is 8.24. The number of likely N-dealkylation sites (tertiary alicyclic amines) is 1. The van der Waals surface area contributed by atoms with Gasteiger partial charge in [-0.05, 0) is 42.0 Å². The molecular formula is C20H15ClN2O5. The molecule has 142 valence electrons. The first-order valence-corrected chi connectivity index (χ1v) is 8.62. The fourth-order valence-corrected chi connectivity index (χ4v) is 3.22. The molecule has 7 nitrogen and oxygen atoms in total. The van der Waals surface area contributed by atoms with Crippen LogP contribution in [0.5, 0.6) is 0 Å². The van der Waals surface area contributed by atoms with Gasteiger partial charge in [0, 0.05) is 29.3 Å². The van der Waals surface area contributed by atoms with Crippen LogP contribution in [0, 0.1) is 10.1 Å². The monoisotopic (exact) mass is 398 g/mol. The molecule has 0 spiro atoms. The van der Waals surface area contributed by atoms with Gasteiger partial charge in [-0.25, -0.2) is 0 Å². The molecule has 1 heterocycles. The second-order valence-corrected chi connectivity index (χ2v) is 6.53. The van der Waals surface area contributed by atoms with Crippen LogP contribution in [0.1, 0.15) is 17.2 Å². The van der Waals surface area contributed by atoms with Crippen LogP contribution in [0.4, 0.5) is 5.69 Å². The van der Waals surface area contributed by atoms with Crippen molar-refractivity contribution in [1.29, 1.82) is 0 Å². The van der Waals surface area contributed by atoms with E-state index in [0.717, 1.165) is 0 Å². The van der Waals surface area contributed by atoms with Crippen molar-refractivity contribution < 1.29 is 19.6 Å². The number of ketones is 1. The molecule has 2 aromatic carbocycles. The molecule has 1 aliphatic rings. The third-order valence-electron chi connectivity index (χ3n) is 4.40. The molecule has 1 saturated heterocycles. The first kappa shape index (κ1) is 19.3. The number of nitro groups is 1. The van der Waals surface area contributed by atoms with Gasteiger partial charge in [0.1, 0.15) is 5.76 Å². The maximum absolute atomic E-state index is 12.7. The van der Waals surface area contributed by atoms with Crippen molar-refractivity contribution in [3.8, 4) is 0 Å². The lowest BCUT2D eigenvalue weighted by molar-refractivity contribution is -0.384. The van der Waals surface area contributed by atoms with Crippen LogP contribution in [0.2, 0.25) is 5.02 Å². The molecule has 1 aliphatic heterocycles. The van der Waals surface area contributed by atoms with Crippen molar-refractivity contribution in [2.75, 3.05) is 6.54 Å². The van der Waals surface area contributed by atoms with Crippen LogP contribution in [0.15, 0.2) is 66.8 Å². The Bertz CT molecular complexity index is 996. The number of hydrogen-bond acceptors (Lipinski definition) is 5. The van der Waals surface area contributed by atoms with Crippen LogP contribution in [0.3, 0.4) is 0 Å². The smallest absolute Gasteiger partial charge is 0.295 e. The molecule has 3 rings (SSSR count). The standard InChI is InChI=1S/C20H15ClN2O5/c1-2-11-22-17(12-5-9-15(10-6-12)23(27)28)16(19(25)20(22)26)18(24)13-3-7-14(21)8-4-13/h2-10,17,24H,1,11H2/t17-/m0/s1. The normalized spacial score (nSPS) is 18.3. The van der Waals surface area contributed by atoms with Crippen molar-refractivity contribution in [1.82, 2.24) is 4.90 Å². The molecule has 0 saturated carbocycles. The molecule has 2 aromatic rings. The van der Waals surface area contributed by atoms with E-state index < -0.39 is 22.7 Å². The molecule has 0 aromatic heterocycles. The van der Waals surface area contributed by atoms with Crippen LogP contribution < -0.4 is 0 Å². The van der Waals surface area contributed by atoms with Crippen molar-refractivity contribution in [2.24, 2.45) is 0 Å². The predicted molar refractivity (Wildman–Crippen MR) is 104 cm³/mol. The van der Waals surface area contributed by atoms with Crippen molar-refractivity contribution in [3.05, 3.63) is 93.0 Å². The van der Waals surface area contributed by atoms with Crippen molar-refractivity contribution in [2.45, 2.75) is 6.04 Å². The van der Waals surface area contributed by atoms with Gasteiger partial charge in [0.15, 0.2) is 0 Å². The molecule has 8 heteroatoms. The molecule has 0 bridgehead atoms. The van der Waals surface area contributed by atoms with Gasteiger partial charge in [-0.15, -0.1) is 6.58 Å². The first-order chi connectivity index (χ1) is 13.3. The van der Waals surface area contributed by atoms with Gasteiger partial charge < -0.3 is 10.0 Å². The molecule has 28 heavy (non-hydrogen) atoms. The maximum Gasteiger partial charge on any atom is 0.295 e. The number of nitrogens with zero attached hydrogens (tertiary/aromatic N) is 2. The summed E-state index contributed by atoms with van der Waals surface area (Å²) in [7, 11) is 0. The predicted octanol–water partition coefficient (Wildman–Crippen LogP) is 3.86. The summed E-state index contributed by atoms with van der Waals surface area (Å²) in [4.78, 5) is 36.8. The quantitative estimate of drug-likeness (QED) is 0.206. The highest BCUT2D eigenvalue weighted by Crippen LogP contribution is 2.39. The zero-order chi connectivity index (χ0) is 20.4. The van der Waals surface area contributed by atoms with Gasteiger partial charge in [-0.2, -0.15) is 0 Å². The Morgan fingerprint density at radius 1 is 1.18 bits per heavy atom. The molecule has 0 unspecified atom stereocenters. The summed E-state index contributed by atoms with van der Waals surface area (Å²) in [6.45, 7) is 3.67. The Morgan fingerprint density at radius 2 is 1.79 bits per heavy atom. The van der Waals surface area contributed by atoms with E-state index in [1.54, 1.807) is 12.1 Å². The third-order valence-corrected chi connectivity index (χ3v) is 4.66. The molecular weight excluding hydrogens is 384 g/mol. The summed E-state index contributed by atoms with van der Waals surface area (Å²) in [5, 5.41) is 22.1. The van der Waals surface area contributed by atoms with Gasteiger partial charge in [0.05, 0.1) is 16.5 Å². The summed E-state index contributed by atoms with van der Waals surface area (Å²) in [6.07, 6.45) is 1.46. The number of aliphatic hydroxyl groups excluding tert-OH is 1. The van der Waals surface area contributed by atoms with E-state index in [-0.39, 0.29) is 23.6 Å². The van der Waals surface area contributed by atoms with Gasteiger partial charge in [-0.3, -0.25) is 19.7 Å². The molecule has 1 amide bonds. The zero-order valence-corrected chi connectivity index (χ0v) is 15.3. The molecule has 0 radical (unpaired) electrons. The van der Waals surface area contributed by atoms with Gasteiger partial charge in [0.25, 0.3) is 17.4 Å². The lowest BCUT2D eigenvalue weighted by Gasteiger charge is -2.24. The minimum Gasteiger partial charge on any atom is -0.507 e. The number of rotatable bonds is 5. The Morgan fingerprint density at radius 3 is 2.32 bits per heavy atom. The second kappa shape index (κ2) is 7.66. The number of carbonyl (C=O) groups excluding carboxylic acids is 2. The number of aliphatic hydroxyl groups is 1. The maximum atomic E-state index is 12.7. The SMILES string of the molecule is C=CCN1C(=O)C(=O)C(=C(O)c2ccc(Cl)cc2)[C@@H]1c1ccc([N+](=O)[O-])cc1. The number of carbonyl (C=O) groups is 2. The highest BCUT2D eigenvalue weighted by molar-refractivity contribution is 6.46. The lowest BCUT2D eigenvalue weighted by Crippen LogP contribution is -2.29. The second-order valence-electron chi connectivity index (χ2n) is 6.10. The Balaban J connectivity index is 2.17. The van der Waals surface area contributed by atoms with Crippen LogP contribution >= 0.6 is 11.6 Å². The van der Waals surface area contributed by atoms with E-state index in [0.29, 0.717) is 16.1 Å². The molecule has 1 N–H and O–H groups in total. The van der Waals surface area contributed by atoms with Crippen molar-refractivity contribution >= 4 is 34.7 Å². The summed E-state index contributed by atoms with van der Waals surface area (Å²) in [5.41, 5.74) is 0.570. The van der Waals surface area contributed by atoms with E-state index in [1.165, 1.54) is 47.4 Å². The summed E-state index contributed by atoms with van der Waals surface area (Å²) >= 11 is 5.86. The average Bonchev–Trinajstić information content (AvgIpc) is 2.93. The third kappa shape index (κ3) is 3.39. The van der Waals surface area contributed by atoms with E-state index in [4.69, 9.17) is 11.6 Å². The number of non-ortho nitro benzene ring substituents is 1. The van der Waals surface area contributed by atoms with E-state index in [2.05, 4.69) is 6.58 Å². The largest absolute Gasteiger partial charge is 0.507 e. The van der Waals surface area contributed by atoms with Crippen LogP contribution in [0.25, 0.3) is 5.76 Å². The van der Waals surface area contributed by atoms with Gasteiger partial charge >= 0.3 is 0 Å². The number of amides is 1. The molecule has 1 atom stereocenters. The minimum atomic E-state index is -0.894. The average molecular weight is 399 g/mol. The number of Topliss-reactive ketones (excluding diaryl/α,β-unsaturated/α-hetero) is 1. The Hall–Kier alpha value is -3.45. The summed E-state index contributed by atoms with van der Waals surface area (Å²) < 4.78 is 0. The highest BCUT2D eigenvalue weighted by Gasteiger charge is 2.45. The Labute approximate surface area is 165 Å². The fraction of sp³-hybridized carbons (Fsp3) is 0.100. The molecule has 1 fully saturated rings. The molecule has 0 aliphatic carbocycles. The fourth-order valence-electron chi connectivity index (χ4n) is 3.10. The minimum absolute atomic E-state index is 0.0730. The van der Waals surface area contributed by atoms with E-state index >= 15 is 0 Å². The van der Waals surface area contributed by atoms with Crippen LogP contribution in [-0.4, -0.2) is 33.2 Å². The van der Waals surface area contributed by atoms with E-state index in [1.807, 2.05) is 0 Å². The number of nitro benzene ring substituents is 1. The van der Waals surface area contributed by atoms with Crippen molar-refractivity contribution in [3.63, 3.8) is 0 Å². The summed E-state index contributed by atoms with van der Waals surface area (Å²) in [5.74, 6) is -1.96. The lowest BCUT2D eigenvalue weighted by atomic mass is 9.95. The van der Waals surface area contributed by atoms with Gasteiger partial charge in [0.2, 0.25) is 0 Å². The number of halogens is 1.